The molecule has 0 saturated carbocycles. The van der Waals surface area contributed by atoms with E-state index in [0.717, 1.165) is 11.6 Å². The Bertz CT molecular complexity index is 838. The number of esters is 1. The molecule has 0 heterocycles. The molecule has 2 aromatic carbocycles. The minimum absolute atomic E-state index is 0.00961. The highest BCUT2D eigenvalue weighted by Gasteiger charge is 2.13. The normalized spacial score (nSPS) is 10.1. The minimum atomic E-state index is -0.612. The Morgan fingerprint density at radius 1 is 1.19 bits per heavy atom. The summed E-state index contributed by atoms with van der Waals surface area (Å²) in [4.78, 5) is 33.5. The van der Waals surface area contributed by atoms with Crippen molar-refractivity contribution in [3.05, 3.63) is 63.2 Å². The van der Waals surface area contributed by atoms with Crippen LogP contribution in [0, 0.1) is 17.0 Å². The molecule has 0 aliphatic rings. The average molecular weight is 393 g/mol. The first kappa shape index (κ1) is 20.2. The third-order valence-corrected chi connectivity index (χ3v) is 3.71. The molecule has 8 nitrogen and oxygen atoms in total. The third-order valence-electron chi connectivity index (χ3n) is 3.40. The number of aryl methyl sites for hydroxylation is 1. The second kappa shape index (κ2) is 9.54. The Kier molecular flexibility index (Phi) is 7.13. The molecular weight excluding hydrogens is 376 g/mol. The molecule has 0 aliphatic heterocycles. The maximum atomic E-state index is 11.8. The molecule has 0 fully saturated rings. The Hall–Kier alpha value is -3.13. The molecule has 1 N–H and O–H groups in total. The van der Waals surface area contributed by atoms with Gasteiger partial charge in [-0.15, -0.1) is 0 Å². The van der Waals surface area contributed by atoms with Crippen LogP contribution >= 0.6 is 11.6 Å². The molecule has 0 spiro atoms. The zero-order valence-corrected chi connectivity index (χ0v) is 15.2. The molecule has 0 aromatic heterocycles. The predicted molar refractivity (Wildman–Crippen MR) is 99.0 cm³/mol. The smallest absolute Gasteiger partial charge is 0.309 e. The van der Waals surface area contributed by atoms with Crippen molar-refractivity contribution in [2.75, 3.05) is 18.5 Å². The van der Waals surface area contributed by atoms with Gasteiger partial charge in [-0.1, -0.05) is 29.3 Å². The van der Waals surface area contributed by atoms with E-state index in [2.05, 4.69) is 5.32 Å². The summed E-state index contributed by atoms with van der Waals surface area (Å²) in [5.41, 5.74) is 1.09. The SMILES string of the molecule is Cc1ccc(OCCC(=O)OCC(=O)Nc2ccc([N+](=O)[O-])cc2Cl)cc1. The lowest BCUT2D eigenvalue weighted by molar-refractivity contribution is -0.384. The van der Waals surface area contributed by atoms with E-state index in [1.165, 1.54) is 12.1 Å². The third kappa shape index (κ3) is 6.59. The van der Waals surface area contributed by atoms with Gasteiger partial charge in [0.05, 0.1) is 28.7 Å². The van der Waals surface area contributed by atoms with E-state index in [9.17, 15) is 19.7 Å². The van der Waals surface area contributed by atoms with E-state index in [4.69, 9.17) is 21.1 Å². The van der Waals surface area contributed by atoms with E-state index in [-0.39, 0.29) is 29.4 Å². The lowest BCUT2D eigenvalue weighted by Crippen LogP contribution is -2.21. The lowest BCUT2D eigenvalue weighted by Gasteiger charge is -2.09. The number of carbonyl (C=O) groups excluding carboxylic acids is 2. The number of halogens is 1. The Balaban J connectivity index is 1.72. The summed E-state index contributed by atoms with van der Waals surface area (Å²) in [5.74, 6) is -0.565. The van der Waals surface area contributed by atoms with Gasteiger partial charge in [0.2, 0.25) is 0 Å². The van der Waals surface area contributed by atoms with E-state index in [0.29, 0.717) is 5.75 Å². The van der Waals surface area contributed by atoms with Gasteiger partial charge in [-0.3, -0.25) is 19.7 Å². The highest BCUT2D eigenvalue weighted by molar-refractivity contribution is 6.34. The Labute approximate surface area is 160 Å². The molecule has 0 unspecified atom stereocenters. The molecule has 0 bridgehead atoms. The molecule has 2 rings (SSSR count). The number of nitro benzene ring substituents is 1. The van der Waals surface area contributed by atoms with Gasteiger partial charge in [-0.2, -0.15) is 0 Å². The van der Waals surface area contributed by atoms with Gasteiger partial charge in [0, 0.05) is 12.1 Å². The maximum Gasteiger partial charge on any atom is 0.309 e. The van der Waals surface area contributed by atoms with Crippen molar-refractivity contribution in [1.82, 2.24) is 0 Å². The minimum Gasteiger partial charge on any atom is -0.493 e. The van der Waals surface area contributed by atoms with Gasteiger partial charge in [0.1, 0.15) is 5.75 Å². The number of amides is 1. The standard InChI is InChI=1S/C18H17ClN2O6/c1-12-2-5-14(6-3-12)26-9-8-18(23)27-11-17(22)20-16-7-4-13(21(24)25)10-15(16)19/h2-7,10H,8-9,11H2,1H3,(H,20,22). The van der Waals surface area contributed by atoms with Gasteiger partial charge in [-0.25, -0.2) is 0 Å². The van der Waals surface area contributed by atoms with Crippen LogP contribution in [0.3, 0.4) is 0 Å². The van der Waals surface area contributed by atoms with Gasteiger partial charge >= 0.3 is 5.97 Å². The van der Waals surface area contributed by atoms with E-state index >= 15 is 0 Å². The lowest BCUT2D eigenvalue weighted by atomic mass is 10.2. The van der Waals surface area contributed by atoms with Gasteiger partial charge < -0.3 is 14.8 Å². The molecule has 2 aromatic rings. The van der Waals surface area contributed by atoms with Gasteiger partial charge in [0.15, 0.2) is 6.61 Å². The van der Waals surface area contributed by atoms with Gasteiger partial charge in [-0.05, 0) is 25.1 Å². The molecule has 0 atom stereocenters. The first-order chi connectivity index (χ1) is 12.8. The van der Waals surface area contributed by atoms with Crippen LogP contribution in [0.1, 0.15) is 12.0 Å². The van der Waals surface area contributed by atoms with E-state index in [1.54, 1.807) is 12.1 Å². The predicted octanol–water partition coefficient (Wildman–Crippen LogP) is 3.51. The van der Waals surface area contributed by atoms with E-state index in [1.807, 2.05) is 19.1 Å². The topological polar surface area (TPSA) is 108 Å². The molecule has 0 aliphatic carbocycles. The molecule has 9 heteroatoms. The average Bonchev–Trinajstić information content (AvgIpc) is 2.63. The maximum absolute atomic E-state index is 11.8. The van der Waals surface area contributed by atoms with Crippen molar-refractivity contribution in [2.45, 2.75) is 13.3 Å². The summed E-state index contributed by atoms with van der Waals surface area (Å²) < 4.78 is 10.3. The Morgan fingerprint density at radius 2 is 1.89 bits per heavy atom. The van der Waals surface area contributed by atoms with Crippen LogP contribution in [-0.4, -0.2) is 30.0 Å². The van der Waals surface area contributed by atoms with Crippen LogP contribution in [-0.2, 0) is 14.3 Å². The monoisotopic (exact) mass is 392 g/mol. The number of carbonyl (C=O) groups is 2. The second-order valence-electron chi connectivity index (χ2n) is 5.54. The summed E-state index contributed by atoms with van der Waals surface area (Å²) >= 11 is 5.87. The summed E-state index contributed by atoms with van der Waals surface area (Å²) in [7, 11) is 0. The van der Waals surface area contributed by atoms with Crippen molar-refractivity contribution >= 4 is 34.9 Å². The number of hydrogen-bond acceptors (Lipinski definition) is 6. The largest absolute Gasteiger partial charge is 0.493 e. The number of ether oxygens (including phenoxy) is 2. The first-order valence-electron chi connectivity index (χ1n) is 7.94. The van der Waals surface area contributed by atoms with Crippen LogP contribution in [0.25, 0.3) is 0 Å². The van der Waals surface area contributed by atoms with Crippen LogP contribution in [0.5, 0.6) is 5.75 Å². The van der Waals surface area contributed by atoms with Crippen molar-refractivity contribution in [1.29, 1.82) is 0 Å². The zero-order valence-electron chi connectivity index (χ0n) is 14.4. The van der Waals surface area contributed by atoms with Gasteiger partial charge in [0.25, 0.3) is 11.6 Å². The number of rotatable bonds is 8. The number of nitro groups is 1. The highest BCUT2D eigenvalue weighted by atomic mass is 35.5. The van der Waals surface area contributed by atoms with E-state index < -0.39 is 23.4 Å². The number of hydrogen-bond donors (Lipinski definition) is 1. The molecule has 0 saturated heterocycles. The fraction of sp³-hybridized carbons (Fsp3) is 0.222. The van der Waals surface area contributed by atoms with Crippen LogP contribution in [0.2, 0.25) is 5.02 Å². The number of non-ortho nitro benzene ring substituents is 1. The van der Waals surface area contributed by atoms with Crippen molar-refractivity contribution in [2.24, 2.45) is 0 Å². The molecular formula is C18H17ClN2O6. The van der Waals surface area contributed by atoms with Crippen LogP contribution in [0.15, 0.2) is 42.5 Å². The number of nitrogens with one attached hydrogen (secondary N) is 1. The molecule has 142 valence electrons. The van der Waals surface area contributed by atoms with Crippen LogP contribution < -0.4 is 10.1 Å². The quantitative estimate of drug-likeness (QED) is 0.418. The number of anilines is 1. The summed E-state index contributed by atoms with van der Waals surface area (Å²) in [6, 6.07) is 11.0. The number of nitrogens with zero attached hydrogens (tertiary/aromatic N) is 1. The molecule has 1 amide bonds. The number of benzene rings is 2. The zero-order chi connectivity index (χ0) is 19.8. The summed E-state index contributed by atoms with van der Waals surface area (Å²) in [5, 5.41) is 13.1. The van der Waals surface area contributed by atoms with Crippen molar-refractivity contribution < 1.29 is 24.0 Å². The summed E-state index contributed by atoms with van der Waals surface area (Å²) in [6.07, 6.45) is -0.0144. The fourth-order valence-corrected chi connectivity index (χ4v) is 2.23. The van der Waals surface area contributed by atoms with Crippen molar-refractivity contribution in [3.63, 3.8) is 0 Å². The fourth-order valence-electron chi connectivity index (χ4n) is 2.01. The van der Waals surface area contributed by atoms with Crippen LogP contribution in [0.4, 0.5) is 11.4 Å². The van der Waals surface area contributed by atoms with Crippen molar-refractivity contribution in [3.8, 4) is 5.75 Å². The Morgan fingerprint density at radius 3 is 2.52 bits per heavy atom. The second-order valence-corrected chi connectivity index (χ2v) is 5.95. The molecule has 27 heavy (non-hydrogen) atoms. The highest BCUT2D eigenvalue weighted by Crippen LogP contribution is 2.26. The summed E-state index contributed by atoms with van der Waals surface area (Å²) in [6.45, 7) is 1.57. The molecule has 0 radical (unpaired) electrons. The first-order valence-corrected chi connectivity index (χ1v) is 8.32.